The first-order valence-corrected chi connectivity index (χ1v) is 9.42. The first-order valence-electron chi connectivity index (χ1n) is 7.77. The lowest BCUT2D eigenvalue weighted by atomic mass is 10.0. The molecule has 0 atom stereocenters. The number of sulfonamides is 1. The number of anilines is 1. The van der Waals surface area contributed by atoms with Crippen molar-refractivity contribution in [1.82, 2.24) is 4.98 Å². The molecule has 0 aliphatic carbocycles. The SMILES string of the molecule is O=S1(=O)CCc2cccc(-c3ccc(-c4ccccc4)cn3)c2N1. The number of para-hydroxylation sites is 1. The third-order valence-electron chi connectivity index (χ3n) is 4.20. The van der Waals surface area contributed by atoms with Crippen molar-refractivity contribution in [3.8, 4) is 22.4 Å². The van der Waals surface area contributed by atoms with E-state index < -0.39 is 10.0 Å². The van der Waals surface area contributed by atoms with Crippen LogP contribution in [-0.4, -0.2) is 19.2 Å². The van der Waals surface area contributed by atoms with Crippen molar-refractivity contribution in [1.29, 1.82) is 0 Å². The average molecular weight is 336 g/mol. The van der Waals surface area contributed by atoms with Crippen molar-refractivity contribution in [2.75, 3.05) is 10.5 Å². The fraction of sp³-hybridized carbons (Fsp3) is 0.105. The smallest absolute Gasteiger partial charge is 0.233 e. The highest BCUT2D eigenvalue weighted by Gasteiger charge is 2.23. The summed E-state index contributed by atoms with van der Waals surface area (Å²) in [5.41, 5.74) is 5.38. The number of fused-ring (bicyclic) bond motifs is 1. The zero-order valence-corrected chi connectivity index (χ0v) is 13.8. The molecule has 2 aromatic carbocycles. The molecule has 0 amide bonds. The Morgan fingerprint density at radius 1 is 0.875 bits per heavy atom. The summed E-state index contributed by atoms with van der Waals surface area (Å²) in [5.74, 6) is 0.129. The third kappa shape index (κ3) is 2.78. The maximum atomic E-state index is 11.9. The van der Waals surface area contributed by atoms with E-state index in [1.165, 1.54) is 0 Å². The topological polar surface area (TPSA) is 59.1 Å². The highest BCUT2D eigenvalue weighted by atomic mass is 32.2. The molecule has 0 radical (unpaired) electrons. The average Bonchev–Trinajstić information content (AvgIpc) is 2.61. The lowest BCUT2D eigenvalue weighted by Gasteiger charge is -2.21. The predicted octanol–water partition coefficient (Wildman–Crippen LogP) is 3.71. The molecule has 1 N–H and O–H groups in total. The predicted molar refractivity (Wildman–Crippen MR) is 96.2 cm³/mol. The number of hydrogen-bond acceptors (Lipinski definition) is 3. The van der Waals surface area contributed by atoms with Crippen LogP contribution in [0.1, 0.15) is 5.56 Å². The van der Waals surface area contributed by atoms with Crippen LogP contribution in [0.15, 0.2) is 66.9 Å². The van der Waals surface area contributed by atoms with Gasteiger partial charge in [0.05, 0.1) is 17.1 Å². The first-order chi connectivity index (χ1) is 11.6. The lowest BCUT2D eigenvalue weighted by molar-refractivity contribution is 0.599. The molecule has 1 aliphatic heterocycles. The molecule has 0 fully saturated rings. The van der Waals surface area contributed by atoms with Crippen LogP contribution in [0.4, 0.5) is 5.69 Å². The van der Waals surface area contributed by atoms with Gasteiger partial charge in [-0.25, -0.2) is 8.42 Å². The summed E-state index contributed by atoms with van der Waals surface area (Å²) in [6.45, 7) is 0. The van der Waals surface area contributed by atoms with E-state index in [0.29, 0.717) is 12.1 Å². The zero-order chi connectivity index (χ0) is 16.6. The first kappa shape index (κ1) is 14.9. The van der Waals surface area contributed by atoms with Gasteiger partial charge in [0.25, 0.3) is 0 Å². The molecule has 1 aliphatic rings. The van der Waals surface area contributed by atoms with Gasteiger partial charge in [-0.05, 0) is 23.6 Å². The molecule has 24 heavy (non-hydrogen) atoms. The van der Waals surface area contributed by atoms with E-state index in [1.807, 2.05) is 66.9 Å². The van der Waals surface area contributed by atoms with Crippen molar-refractivity contribution in [3.05, 3.63) is 72.4 Å². The molecule has 0 saturated heterocycles. The van der Waals surface area contributed by atoms with Crippen molar-refractivity contribution in [2.45, 2.75) is 6.42 Å². The van der Waals surface area contributed by atoms with Gasteiger partial charge < -0.3 is 0 Å². The minimum Gasteiger partial charge on any atom is -0.283 e. The van der Waals surface area contributed by atoms with Crippen LogP contribution in [0.25, 0.3) is 22.4 Å². The Balaban J connectivity index is 1.75. The van der Waals surface area contributed by atoms with Crippen LogP contribution in [-0.2, 0) is 16.4 Å². The number of nitrogens with zero attached hydrogens (tertiary/aromatic N) is 1. The molecule has 0 bridgehead atoms. The summed E-state index contributed by atoms with van der Waals surface area (Å²) < 4.78 is 26.5. The Kier molecular flexibility index (Phi) is 3.58. The van der Waals surface area contributed by atoms with E-state index in [-0.39, 0.29) is 5.75 Å². The van der Waals surface area contributed by atoms with Crippen LogP contribution in [0.3, 0.4) is 0 Å². The summed E-state index contributed by atoms with van der Waals surface area (Å²) in [6.07, 6.45) is 2.35. The highest BCUT2D eigenvalue weighted by Crippen LogP contribution is 2.34. The number of rotatable bonds is 2. The molecular weight excluding hydrogens is 320 g/mol. The van der Waals surface area contributed by atoms with Crippen LogP contribution in [0.2, 0.25) is 0 Å². The van der Waals surface area contributed by atoms with Gasteiger partial charge >= 0.3 is 0 Å². The van der Waals surface area contributed by atoms with Gasteiger partial charge in [-0.1, -0.05) is 54.6 Å². The number of nitrogens with one attached hydrogen (secondary N) is 1. The van der Waals surface area contributed by atoms with E-state index in [2.05, 4.69) is 9.71 Å². The lowest BCUT2D eigenvalue weighted by Crippen LogP contribution is -2.24. The molecule has 4 rings (SSSR count). The minimum atomic E-state index is -3.26. The van der Waals surface area contributed by atoms with Gasteiger partial charge in [-0.15, -0.1) is 0 Å². The fourth-order valence-corrected chi connectivity index (χ4v) is 4.09. The normalized spacial score (nSPS) is 15.3. The number of hydrogen-bond donors (Lipinski definition) is 1. The zero-order valence-electron chi connectivity index (χ0n) is 12.9. The summed E-state index contributed by atoms with van der Waals surface area (Å²) in [4.78, 5) is 4.55. The largest absolute Gasteiger partial charge is 0.283 e. The number of benzene rings is 2. The second kappa shape index (κ2) is 5.76. The molecule has 1 aromatic heterocycles. The Bertz CT molecular complexity index is 982. The van der Waals surface area contributed by atoms with E-state index >= 15 is 0 Å². The summed E-state index contributed by atoms with van der Waals surface area (Å²) in [7, 11) is -3.26. The van der Waals surface area contributed by atoms with Crippen molar-refractivity contribution in [2.24, 2.45) is 0 Å². The molecule has 3 aromatic rings. The summed E-state index contributed by atoms with van der Waals surface area (Å²) in [5, 5.41) is 0. The molecule has 4 nitrogen and oxygen atoms in total. The summed E-state index contributed by atoms with van der Waals surface area (Å²) in [6, 6.07) is 19.8. The van der Waals surface area contributed by atoms with Crippen LogP contribution in [0, 0.1) is 0 Å². The molecule has 0 saturated carbocycles. The second-order valence-electron chi connectivity index (χ2n) is 5.81. The molecule has 2 heterocycles. The number of aromatic nitrogens is 1. The van der Waals surface area contributed by atoms with E-state index in [4.69, 9.17) is 0 Å². The summed E-state index contributed by atoms with van der Waals surface area (Å²) >= 11 is 0. The standard InChI is InChI=1S/C19H16N2O2S/c22-24(23)12-11-15-7-4-8-17(19(15)21-24)18-10-9-16(13-20-18)14-5-2-1-3-6-14/h1-10,13,21H,11-12H2. The number of aryl methyl sites for hydroxylation is 1. The van der Waals surface area contributed by atoms with Crippen molar-refractivity contribution < 1.29 is 8.42 Å². The molecule has 5 heteroatoms. The second-order valence-corrected chi connectivity index (χ2v) is 7.65. The van der Waals surface area contributed by atoms with Crippen molar-refractivity contribution in [3.63, 3.8) is 0 Å². The van der Waals surface area contributed by atoms with Gasteiger partial charge in [-0.3, -0.25) is 9.71 Å². The Labute approximate surface area is 141 Å². The van der Waals surface area contributed by atoms with E-state index in [9.17, 15) is 8.42 Å². The third-order valence-corrected chi connectivity index (χ3v) is 5.45. The van der Waals surface area contributed by atoms with E-state index in [1.54, 1.807) is 0 Å². The Morgan fingerprint density at radius 2 is 1.71 bits per heavy atom. The Hall–Kier alpha value is -2.66. The van der Waals surface area contributed by atoms with Crippen molar-refractivity contribution >= 4 is 15.7 Å². The quantitative estimate of drug-likeness (QED) is 0.776. The fourth-order valence-electron chi connectivity index (χ4n) is 2.95. The van der Waals surface area contributed by atoms with Crippen LogP contribution in [0.5, 0.6) is 0 Å². The molecule has 0 unspecified atom stereocenters. The van der Waals surface area contributed by atoms with Gasteiger partial charge in [0.15, 0.2) is 0 Å². The number of pyridine rings is 1. The van der Waals surface area contributed by atoms with Gasteiger partial charge in [0, 0.05) is 17.3 Å². The maximum Gasteiger partial charge on any atom is 0.233 e. The van der Waals surface area contributed by atoms with Gasteiger partial charge in [0.1, 0.15) is 0 Å². The van der Waals surface area contributed by atoms with Gasteiger partial charge in [-0.2, -0.15) is 0 Å². The molecule has 0 spiro atoms. The molecule has 120 valence electrons. The van der Waals surface area contributed by atoms with Crippen LogP contribution >= 0.6 is 0 Å². The Morgan fingerprint density at radius 3 is 2.46 bits per heavy atom. The minimum absolute atomic E-state index is 0.129. The highest BCUT2D eigenvalue weighted by molar-refractivity contribution is 7.92. The van der Waals surface area contributed by atoms with Gasteiger partial charge in [0.2, 0.25) is 10.0 Å². The van der Waals surface area contributed by atoms with Crippen LogP contribution < -0.4 is 4.72 Å². The molecular formula is C19H16N2O2S. The van der Waals surface area contributed by atoms with E-state index in [0.717, 1.165) is 27.9 Å². The maximum absolute atomic E-state index is 11.9. The monoisotopic (exact) mass is 336 g/mol.